The Morgan fingerprint density at radius 3 is 2.74 bits per heavy atom. The molecular formula is C22H25N5O3S. The van der Waals surface area contributed by atoms with Gasteiger partial charge < -0.3 is 16.0 Å². The zero-order valence-corrected chi connectivity index (χ0v) is 18.4. The van der Waals surface area contributed by atoms with Crippen LogP contribution in [0.3, 0.4) is 0 Å². The third kappa shape index (κ3) is 5.43. The number of amides is 3. The lowest BCUT2D eigenvalue weighted by Crippen LogP contribution is -2.48. The first-order chi connectivity index (χ1) is 14.8. The number of nitrogens with zero attached hydrogens (tertiary/aromatic N) is 3. The molecule has 1 aliphatic heterocycles. The maximum Gasteiger partial charge on any atom is 0.313 e. The van der Waals surface area contributed by atoms with Crippen LogP contribution < -0.4 is 11.1 Å². The second-order valence-electron chi connectivity index (χ2n) is 7.38. The lowest BCUT2D eigenvalue weighted by Gasteiger charge is -2.35. The number of carbonyl (C=O) groups excluding carboxylic acids is 3. The molecule has 1 fully saturated rings. The van der Waals surface area contributed by atoms with E-state index in [-0.39, 0.29) is 17.3 Å². The Hall–Kier alpha value is -3.33. The topological polar surface area (TPSA) is 118 Å². The molecule has 3 rings (SSSR count). The van der Waals surface area contributed by atoms with Gasteiger partial charge in [-0.3, -0.25) is 19.4 Å². The first-order valence-corrected chi connectivity index (χ1v) is 10.8. The highest BCUT2D eigenvalue weighted by Gasteiger charge is 2.31. The molecule has 8 nitrogen and oxygen atoms in total. The van der Waals surface area contributed by atoms with Gasteiger partial charge in [0.15, 0.2) is 0 Å². The minimum Gasteiger partial charge on any atom is -0.366 e. The van der Waals surface area contributed by atoms with Crippen molar-refractivity contribution in [1.82, 2.24) is 14.9 Å². The van der Waals surface area contributed by atoms with Crippen molar-refractivity contribution in [1.29, 1.82) is 0 Å². The molecule has 0 aliphatic carbocycles. The lowest BCUT2D eigenvalue weighted by atomic mass is 9.95. The molecule has 2 aromatic rings. The van der Waals surface area contributed by atoms with Gasteiger partial charge in [-0.15, -0.1) is 11.3 Å². The average molecular weight is 440 g/mol. The molecule has 3 amide bonds. The number of primary amides is 1. The van der Waals surface area contributed by atoms with Gasteiger partial charge in [-0.2, -0.15) is 0 Å². The second kappa shape index (κ2) is 9.65. The van der Waals surface area contributed by atoms with Crippen molar-refractivity contribution in [3.8, 4) is 0 Å². The van der Waals surface area contributed by atoms with E-state index in [1.807, 2.05) is 26.0 Å². The molecule has 1 atom stereocenters. The molecule has 3 heterocycles. The van der Waals surface area contributed by atoms with Crippen LogP contribution in [0.4, 0.5) is 5.69 Å². The number of rotatable bonds is 5. The Morgan fingerprint density at radius 1 is 1.29 bits per heavy atom. The number of carbonyl (C=O) groups is 3. The summed E-state index contributed by atoms with van der Waals surface area (Å²) in [6.07, 6.45) is 9.01. The smallest absolute Gasteiger partial charge is 0.313 e. The summed E-state index contributed by atoms with van der Waals surface area (Å²) >= 11 is 1.60. The number of pyridine rings is 1. The number of nitrogens with two attached hydrogens (primary N) is 1. The van der Waals surface area contributed by atoms with Gasteiger partial charge in [0.25, 0.3) is 0 Å². The highest BCUT2D eigenvalue weighted by molar-refractivity contribution is 7.12. The zero-order valence-electron chi connectivity index (χ0n) is 17.6. The van der Waals surface area contributed by atoms with E-state index in [9.17, 15) is 14.4 Å². The number of hydrogen-bond acceptors (Lipinski definition) is 6. The normalized spacial score (nSPS) is 16.3. The summed E-state index contributed by atoms with van der Waals surface area (Å²) in [5, 5.41) is 3.50. The Labute approximate surface area is 184 Å². The average Bonchev–Trinajstić information content (AvgIpc) is 3.08. The van der Waals surface area contributed by atoms with Gasteiger partial charge in [-0.05, 0) is 50.8 Å². The Bertz CT molecular complexity index is 1060. The summed E-state index contributed by atoms with van der Waals surface area (Å²) in [6, 6.07) is 1.13. The maximum absolute atomic E-state index is 12.9. The van der Waals surface area contributed by atoms with Crippen LogP contribution in [-0.4, -0.2) is 45.2 Å². The molecule has 1 aliphatic rings. The summed E-state index contributed by atoms with van der Waals surface area (Å²) in [7, 11) is 0. The molecule has 0 unspecified atom stereocenters. The van der Waals surface area contributed by atoms with E-state index in [4.69, 9.17) is 5.73 Å². The van der Waals surface area contributed by atoms with Gasteiger partial charge >= 0.3 is 11.8 Å². The number of aromatic nitrogens is 2. The molecule has 0 bridgehead atoms. The van der Waals surface area contributed by atoms with E-state index in [1.54, 1.807) is 16.2 Å². The van der Waals surface area contributed by atoms with Crippen molar-refractivity contribution < 1.29 is 14.4 Å². The highest BCUT2D eigenvalue weighted by Crippen LogP contribution is 2.25. The number of anilines is 1. The van der Waals surface area contributed by atoms with Gasteiger partial charge in [0.2, 0.25) is 5.91 Å². The molecule has 31 heavy (non-hydrogen) atoms. The van der Waals surface area contributed by atoms with E-state index >= 15 is 0 Å². The van der Waals surface area contributed by atoms with Crippen LogP contribution in [0.1, 0.15) is 45.2 Å². The second-order valence-corrected chi connectivity index (χ2v) is 8.62. The van der Waals surface area contributed by atoms with E-state index in [2.05, 4.69) is 21.9 Å². The van der Waals surface area contributed by atoms with E-state index in [0.717, 1.165) is 40.4 Å². The van der Waals surface area contributed by atoms with Crippen molar-refractivity contribution >= 4 is 40.8 Å². The van der Waals surface area contributed by atoms with Gasteiger partial charge in [0, 0.05) is 12.7 Å². The van der Waals surface area contributed by atoms with Crippen molar-refractivity contribution in [2.45, 2.75) is 39.2 Å². The third-order valence-corrected chi connectivity index (χ3v) is 6.09. The van der Waals surface area contributed by atoms with Crippen LogP contribution in [-0.2, 0) is 9.59 Å². The Balaban J connectivity index is 1.71. The first-order valence-electron chi connectivity index (χ1n) is 9.94. The Kier molecular flexibility index (Phi) is 6.96. The van der Waals surface area contributed by atoms with Crippen molar-refractivity contribution in [3.05, 3.63) is 57.8 Å². The van der Waals surface area contributed by atoms with Crippen LogP contribution in [0.2, 0.25) is 0 Å². The van der Waals surface area contributed by atoms with Crippen LogP contribution in [0.5, 0.6) is 0 Å². The van der Waals surface area contributed by atoms with Crippen LogP contribution >= 0.6 is 11.3 Å². The monoisotopic (exact) mass is 439 g/mol. The molecule has 1 saturated heterocycles. The van der Waals surface area contributed by atoms with E-state index < -0.39 is 17.7 Å². The third-order valence-electron chi connectivity index (χ3n) is 5.05. The molecule has 0 aromatic carbocycles. The predicted octanol–water partition coefficient (Wildman–Crippen LogP) is 2.84. The number of thiazole rings is 1. The number of likely N-dealkylation sites (tertiary alicyclic amines) is 1. The fraction of sp³-hybridized carbons (Fsp3) is 0.318. The van der Waals surface area contributed by atoms with E-state index in [1.165, 1.54) is 18.5 Å². The summed E-state index contributed by atoms with van der Waals surface area (Å²) in [4.78, 5) is 47.7. The fourth-order valence-corrected chi connectivity index (χ4v) is 4.34. The van der Waals surface area contributed by atoms with Crippen molar-refractivity contribution in [2.24, 2.45) is 5.73 Å². The minimum absolute atomic E-state index is 0.146. The lowest BCUT2D eigenvalue weighted by molar-refractivity contribution is -0.145. The largest absolute Gasteiger partial charge is 0.366 e. The first kappa shape index (κ1) is 22.4. The molecule has 2 aromatic heterocycles. The van der Waals surface area contributed by atoms with Crippen molar-refractivity contribution in [3.63, 3.8) is 0 Å². The molecule has 3 N–H and O–H groups in total. The van der Waals surface area contributed by atoms with Crippen molar-refractivity contribution in [2.75, 3.05) is 11.9 Å². The number of nitrogens with one attached hydrogen (secondary N) is 1. The molecule has 9 heteroatoms. The van der Waals surface area contributed by atoms with Gasteiger partial charge in [0.05, 0.1) is 39.1 Å². The van der Waals surface area contributed by atoms with Crippen LogP contribution in [0, 0.1) is 13.8 Å². The highest BCUT2D eigenvalue weighted by atomic mass is 32.1. The van der Waals surface area contributed by atoms with Crippen LogP contribution in [0.15, 0.2) is 36.7 Å². The summed E-state index contributed by atoms with van der Waals surface area (Å²) < 4.78 is 0. The molecule has 0 radical (unpaired) electrons. The summed E-state index contributed by atoms with van der Waals surface area (Å²) in [5.41, 5.74) is 7.34. The summed E-state index contributed by atoms with van der Waals surface area (Å²) in [6.45, 7) is 8.53. The van der Waals surface area contributed by atoms with E-state index in [0.29, 0.717) is 6.54 Å². The SMILES string of the molecule is C=C(/C=C\c1sc(C)nc1C)[C@@H]1CCCCN1C(=O)C(=O)Nc1cncc(C(N)=O)c1. The zero-order chi connectivity index (χ0) is 22.5. The number of hydrogen-bond donors (Lipinski definition) is 2. The predicted molar refractivity (Wildman–Crippen MR) is 120 cm³/mol. The Morgan fingerprint density at radius 2 is 2.06 bits per heavy atom. The standard InChI is InChI=1S/C22H25N5O3S/c1-13(7-8-19-14(2)25-15(3)31-19)18-6-4-5-9-27(18)22(30)21(29)26-17-10-16(20(23)28)11-24-12-17/h7-8,10-12,18H,1,4-6,9H2,2-3H3,(H2,23,28)(H,26,29)/b8-7-/t18-/m0/s1. The van der Waals surface area contributed by atoms with Gasteiger partial charge in [0.1, 0.15) is 0 Å². The quantitative estimate of drug-likeness (QED) is 0.549. The molecular weight excluding hydrogens is 414 g/mol. The maximum atomic E-state index is 12.9. The summed E-state index contributed by atoms with van der Waals surface area (Å²) in [5.74, 6) is -2.10. The minimum atomic E-state index is -0.791. The van der Waals surface area contributed by atoms with Gasteiger partial charge in [-0.25, -0.2) is 4.98 Å². The van der Waals surface area contributed by atoms with Crippen LogP contribution in [0.25, 0.3) is 6.08 Å². The molecule has 162 valence electrons. The molecule has 0 spiro atoms. The number of aryl methyl sites for hydroxylation is 2. The molecule has 0 saturated carbocycles. The number of piperidine rings is 1. The fourth-order valence-electron chi connectivity index (χ4n) is 3.51. The van der Waals surface area contributed by atoms with Gasteiger partial charge in [-0.1, -0.05) is 12.7 Å².